The fourth-order valence-electron chi connectivity index (χ4n) is 2.88. The summed E-state index contributed by atoms with van der Waals surface area (Å²) in [5.41, 5.74) is 0. The summed E-state index contributed by atoms with van der Waals surface area (Å²) in [6, 6.07) is 0.680. The van der Waals surface area contributed by atoms with E-state index in [1.54, 1.807) is 11.8 Å². The number of nitrogens with zero attached hydrogens (tertiary/aromatic N) is 1. The summed E-state index contributed by atoms with van der Waals surface area (Å²) in [5, 5.41) is 3.53. The van der Waals surface area contributed by atoms with Crippen LogP contribution in [0.3, 0.4) is 0 Å². The molecule has 2 heterocycles. The van der Waals surface area contributed by atoms with Crippen molar-refractivity contribution in [3.8, 4) is 0 Å². The fraction of sp³-hybridized carbons (Fsp3) is 0.917. The van der Waals surface area contributed by atoms with Crippen LogP contribution in [0.15, 0.2) is 0 Å². The maximum absolute atomic E-state index is 12.2. The Morgan fingerprint density at radius 1 is 1.53 bits per heavy atom. The molecule has 0 aromatic rings. The number of piperidine rings is 1. The molecule has 0 aromatic heterocycles. The molecule has 5 heteroatoms. The van der Waals surface area contributed by atoms with Gasteiger partial charge in [-0.25, -0.2) is 0 Å². The summed E-state index contributed by atoms with van der Waals surface area (Å²) >= 11 is 1.76. The largest absolute Gasteiger partial charge is 0.342 e. The van der Waals surface area contributed by atoms with Crippen LogP contribution < -0.4 is 5.32 Å². The molecule has 1 amide bonds. The number of hydrogen-bond donors (Lipinski definition) is 1. The summed E-state index contributed by atoms with van der Waals surface area (Å²) in [6.45, 7) is 5.12. The van der Waals surface area contributed by atoms with Crippen LogP contribution in [0.25, 0.3) is 0 Å². The summed E-state index contributed by atoms with van der Waals surface area (Å²) in [7, 11) is 0. The summed E-state index contributed by atoms with van der Waals surface area (Å²) in [6.07, 6.45) is 4.45. The van der Waals surface area contributed by atoms with Crippen molar-refractivity contribution in [2.45, 2.75) is 25.8 Å². The third-order valence-corrected chi connectivity index (χ3v) is 4.64. The summed E-state index contributed by atoms with van der Waals surface area (Å²) in [4.78, 5) is 14.3. The maximum atomic E-state index is 12.2. The fourth-order valence-corrected chi connectivity index (χ4v) is 3.52. The van der Waals surface area contributed by atoms with Crippen molar-refractivity contribution in [1.29, 1.82) is 0 Å². The van der Waals surface area contributed by atoms with Gasteiger partial charge < -0.3 is 10.2 Å². The third kappa shape index (κ3) is 3.52. The second kappa shape index (κ2) is 6.86. The summed E-state index contributed by atoms with van der Waals surface area (Å²) in [5.74, 6) is 2.20. The van der Waals surface area contributed by atoms with Gasteiger partial charge in [0.25, 0.3) is 0 Å². The van der Waals surface area contributed by atoms with Crippen LogP contribution in [-0.2, 0) is 4.79 Å². The lowest BCUT2D eigenvalue weighted by Gasteiger charge is -2.36. The van der Waals surface area contributed by atoms with Gasteiger partial charge in [-0.2, -0.15) is 11.8 Å². The number of hydrogen-bond acceptors (Lipinski definition) is 3. The molecule has 2 rings (SSSR count). The van der Waals surface area contributed by atoms with Gasteiger partial charge in [-0.3, -0.25) is 4.79 Å². The van der Waals surface area contributed by atoms with Crippen LogP contribution in [0.5, 0.6) is 0 Å². The number of nitrogens with one attached hydrogen (secondary N) is 1. The first-order valence-corrected chi connectivity index (χ1v) is 7.63. The molecule has 0 aromatic carbocycles. The Morgan fingerprint density at radius 3 is 3.00 bits per heavy atom. The molecule has 0 saturated carbocycles. The molecular weight excluding hydrogens is 256 g/mol. The SMILES string of the molecule is CSCC(C)C(=O)N1CCC2NCCC2C1.Cl. The molecule has 0 bridgehead atoms. The van der Waals surface area contributed by atoms with Crippen molar-refractivity contribution in [2.75, 3.05) is 31.6 Å². The molecule has 2 aliphatic rings. The van der Waals surface area contributed by atoms with E-state index >= 15 is 0 Å². The standard InChI is InChI=1S/C12H22N2OS.ClH/c1-9(8-16-2)12(15)14-6-4-11-10(7-14)3-5-13-11;/h9-11,13H,3-8H2,1-2H3;1H. The number of thioether (sulfide) groups is 1. The van der Waals surface area contributed by atoms with Crippen LogP contribution in [0.2, 0.25) is 0 Å². The van der Waals surface area contributed by atoms with E-state index in [-0.39, 0.29) is 18.3 Å². The number of carbonyl (C=O) groups excluding carboxylic acids is 1. The zero-order valence-corrected chi connectivity index (χ0v) is 12.3. The second-order valence-corrected chi connectivity index (χ2v) is 5.95. The molecule has 0 spiro atoms. The highest BCUT2D eigenvalue weighted by Crippen LogP contribution is 2.25. The van der Waals surface area contributed by atoms with Crippen LogP contribution >= 0.6 is 24.2 Å². The van der Waals surface area contributed by atoms with Gasteiger partial charge in [0.05, 0.1) is 0 Å². The second-order valence-electron chi connectivity index (χ2n) is 5.04. The van der Waals surface area contributed by atoms with E-state index in [1.807, 2.05) is 0 Å². The van der Waals surface area contributed by atoms with Crippen LogP contribution in [0.1, 0.15) is 19.8 Å². The van der Waals surface area contributed by atoms with E-state index in [0.717, 1.165) is 31.8 Å². The molecule has 100 valence electrons. The van der Waals surface area contributed by atoms with Gasteiger partial charge in [0, 0.05) is 30.8 Å². The van der Waals surface area contributed by atoms with Crippen LogP contribution in [0.4, 0.5) is 0 Å². The number of likely N-dealkylation sites (tertiary alicyclic amines) is 1. The van der Waals surface area contributed by atoms with Crippen LogP contribution in [-0.4, -0.2) is 48.5 Å². The Bertz CT molecular complexity index is 265. The first kappa shape index (κ1) is 15.1. The molecule has 0 radical (unpaired) electrons. The van der Waals surface area contributed by atoms with Gasteiger partial charge in [-0.1, -0.05) is 6.92 Å². The van der Waals surface area contributed by atoms with Crippen molar-refractivity contribution < 1.29 is 4.79 Å². The molecule has 17 heavy (non-hydrogen) atoms. The molecule has 2 saturated heterocycles. The van der Waals surface area contributed by atoms with E-state index < -0.39 is 0 Å². The quantitative estimate of drug-likeness (QED) is 0.851. The molecule has 2 fully saturated rings. The summed E-state index contributed by atoms with van der Waals surface area (Å²) < 4.78 is 0. The minimum Gasteiger partial charge on any atom is -0.342 e. The Balaban J connectivity index is 0.00000144. The lowest BCUT2D eigenvalue weighted by molar-refractivity contribution is -0.136. The molecule has 3 unspecified atom stereocenters. The van der Waals surface area contributed by atoms with E-state index in [4.69, 9.17) is 0 Å². The zero-order chi connectivity index (χ0) is 11.5. The predicted molar refractivity (Wildman–Crippen MR) is 75.9 cm³/mol. The number of fused-ring (bicyclic) bond motifs is 1. The highest BCUT2D eigenvalue weighted by molar-refractivity contribution is 7.98. The number of carbonyl (C=O) groups is 1. The van der Waals surface area contributed by atoms with Gasteiger partial charge in [0.2, 0.25) is 5.91 Å². The maximum Gasteiger partial charge on any atom is 0.226 e. The van der Waals surface area contributed by atoms with E-state index in [9.17, 15) is 4.79 Å². The van der Waals surface area contributed by atoms with Crippen molar-refractivity contribution in [3.05, 3.63) is 0 Å². The highest BCUT2D eigenvalue weighted by atomic mass is 35.5. The van der Waals surface area contributed by atoms with Crippen molar-refractivity contribution >= 4 is 30.1 Å². The van der Waals surface area contributed by atoms with E-state index in [0.29, 0.717) is 17.9 Å². The molecule has 3 atom stereocenters. The van der Waals surface area contributed by atoms with Gasteiger partial charge in [-0.05, 0) is 31.6 Å². The average Bonchev–Trinajstić information content (AvgIpc) is 2.75. The zero-order valence-electron chi connectivity index (χ0n) is 10.6. The highest BCUT2D eigenvalue weighted by Gasteiger charge is 2.35. The Kier molecular flexibility index (Phi) is 6.10. The first-order chi connectivity index (χ1) is 7.72. The Hall–Kier alpha value is 0.0700. The molecule has 3 nitrogen and oxygen atoms in total. The molecule has 0 aliphatic carbocycles. The lowest BCUT2D eigenvalue weighted by atomic mass is 9.92. The van der Waals surface area contributed by atoms with Gasteiger partial charge in [0.1, 0.15) is 0 Å². The smallest absolute Gasteiger partial charge is 0.226 e. The van der Waals surface area contributed by atoms with Crippen molar-refractivity contribution in [3.63, 3.8) is 0 Å². The predicted octanol–water partition coefficient (Wildman–Crippen LogP) is 1.62. The molecular formula is C12H23ClN2OS. The molecule has 1 N–H and O–H groups in total. The number of halogens is 1. The topological polar surface area (TPSA) is 32.3 Å². The number of rotatable bonds is 3. The minimum absolute atomic E-state index is 0. The van der Waals surface area contributed by atoms with Crippen molar-refractivity contribution in [1.82, 2.24) is 10.2 Å². The third-order valence-electron chi connectivity index (χ3n) is 3.81. The van der Waals surface area contributed by atoms with Crippen molar-refractivity contribution in [2.24, 2.45) is 11.8 Å². The molecule has 2 aliphatic heterocycles. The monoisotopic (exact) mass is 278 g/mol. The van der Waals surface area contributed by atoms with Crippen LogP contribution in [0, 0.1) is 11.8 Å². The van der Waals surface area contributed by atoms with E-state index in [2.05, 4.69) is 23.4 Å². The minimum atomic E-state index is 0. The van der Waals surface area contributed by atoms with E-state index in [1.165, 1.54) is 6.42 Å². The van der Waals surface area contributed by atoms with Gasteiger partial charge >= 0.3 is 0 Å². The Labute approximate surface area is 114 Å². The first-order valence-electron chi connectivity index (χ1n) is 6.23. The normalized spacial score (nSPS) is 29.4. The average molecular weight is 279 g/mol. The Morgan fingerprint density at radius 2 is 2.29 bits per heavy atom. The number of amides is 1. The van der Waals surface area contributed by atoms with Gasteiger partial charge in [-0.15, -0.1) is 12.4 Å². The lowest BCUT2D eigenvalue weighted by Crippen LogP contribution is -2.48. The van der Waals surface area contributed by atoms with Gasteiger partial charge in [0.15, 0.2) is 0 Å².